The molecule has 0 saturated carbocycles. The summed E-state index contributed by atoms with van der Waals surface area (Å²) in [5, 5.41) is 0. The van der Waals surface area contributed by atoms with Crippen LogP contribution in [-0.4, -0.2) is 41.6 Å². The topological polar surface area (TPSA) is 34.1 Å². The number of aldehydes is 2. The Labute approximate surface area is 93.1 Å². The van der Waals surface area contributed by atoms with Crippen molar-refractivity contribution in [2.75, 3.05) is 0 Å². The monoisotopic (exact) mass is 318 g/mol. The molecular weight excluding hydrogens is 310 g/mol. The van der Waals surface area contributed by atoms with Gasteiger partial charge >= 0.3 is 93.2 Å². The molecule has 0 aromatic carbocycles. The Morgan fingerprint density at radius 3 is 1.50 bits per heavy atom. The second-order valence-electron chi connectivity index (χ2n) is 2.64. The van der Waals surface area contributed by atoms with Gasteiger partial charge in [-0.25, -0.2) is 0 Å². The average molecular weight is 316 g/mol. The van der Waals surface area contributed by atoms with Gasteiger partial charge in [-0.2, -0.15) is 0 Å². The summed E-state index contributed by atoms with van der Waals surface area (Å²) in [5.41, 5.74) is 0. The Balaban J connectivity index is 2.38. The molecule has 2 heterocycles. The summed E-state index contributed by atoms with van der Waals surface area (Å²) >= 11 is 0.309. The molecule has 0 atom stereocenters. The quantitative estimate of drug-likeness (QED) is 0.628. The summed E-state index contributed by atoms with van der Waals surface area (Å²) in [5.74, 6) is 0. The molecule has 0 spiro atoms. The molecule has 2 aromatic heterocycles. The van der Waals surface area contributed by atoms with Gasteiger partial charge in [-0.1, -0.05) is 0 Å². The Morgan fingerprint density at radius 1 is 0.786 bits per heavy atom. The van der Waals surface area contributed by atoms with E-state index in [4.69, 9.17) is 0 Å². The van der Waals surface area contributed by atoms with Crippen molar-refractivity contribution in [1.82, 2.24) is 0 Å². The van der Waals surface area contributed by atoms with Gasteiger partial charge in [0.05, 0.1) is 0 Å². The van der Waals surface area contributed by atoms with Crippen LogP contribution < -0.4 is 0 Å². The van der Waals surface area contributed by atoms with E-state index in [0.29, 0.717) is 0 Å². The zero-order chi connectivity index (χ0) is 9.97. The second-order valence-corrected chi connectivity index (χ2v) is 7.32. The van der Waals surface area contributed by atoms with Gasteiger partial charge < -0.3 is 0 Å². The summed E-state index contributed by atoms with van der Waals surface area (Å²) < 4.78 is 4.24. The third-order valence-electron chi connectivity index (χ3n) is 1.73. The summed E-state index contributed by atoms with van der Waals surface area (Å²) in [4.78, 5) is 21.0. The summed E-state index contributed by atoms with van der Waals surface area (Å²) in [6.07, 6.45) is 1.83. The van der Waals surface area contributed by atoms with E-state index in [9.17, 15) is 9.59 Å². The van der Waals surface area contributed by atoms with Crippen LogP contribution in [0, 0.1) is 0 Å². The van der Waals surface area contributed by atoms with E-state index >= 15 is 0 Å². The fourth-order valence-electron chi connectivity index (χ4n) is 1.10. The third-order valence-corrected chi connectivity index (χ3v) is 6.76. The fourth-order valence-corrected chi connectivity index (χ4v) is 5.12. The summed E-state index contributed by atoms with van der Waals surface area (Å²) in [7, 11) is 0. The van der Waals surface area contributed by atoms with E-state index in [-0.39, 0.29) is 29.0 Å². The number of carbonyl (C=O) groups excluding carboxylic acids is 2. The molecule has 0 saturated heterocycles. The van der Waals surface area contributed by atoms with E-state index in [1.165, 1.54) is 8.87 Å². The van der Waals surface area contributed by atoms with Crippen molar-refractivity contribution in [3.8, 4) is 8.87 Å². The zero-order valence-electron chi connectivity index (χ0n) is 7.10. The van der Waals surface area contributed by atoms with E-state index in [1.54, 1.807) is 0 Å². The van der Waals surface area contributed by atoms with E-state index < -0.39 is 0 Å². The molecule has 0 fully saturated rings. The van der Waals surface area contributed by atoms with Gasteiger partial charge in [0.25, 0.3) is 0 Å². The Bertz CT molecular complexity index is 424. The van der Waals surface area contributed by atoms with Crippen molar-refractivity contribution in [2.24, 2.45) is 0 Å². The van der Waals surface area contributed by atoms with Gasteiger partial charge in [0, 0.05) is 0 Å². The van der Waals surface area contributed by atoms with E-state index in [2.05, 4.69) is 0 Å². The molecule has 2 aromatic rings. The number of carbonyl (C=O) groups is 2. The molecule has 0 aliphatic carbocycles. The van der Waals surface area contributed by atoms with Gasteiger partial charge in [0.15, 0.2) is 0 Å². The van der Waals surface area contributed by atoms with Crippen LogP contribution in [0.5, 0.6) is 0 Å². The van der Waals surface area contributed by atoms with Crippen LogP contribution in [0.2, 0.25) is 0 Å². The third kappa shape index (κ3) is 1.89. The first-order valence-corrected chi connectivity index (χ1v) is 7.36. The molecule has 0 bridgehead atoms. The maximum absolute atomic E-state index is 10.5. The zero-order valence-corrected chi connectivity index (χ0v) is 10.5. The Kier molecular flexibility index (Phi) is 2.99. The van der Waals surface area contributed by atoms with Crippen LogP contribution in [0.3, 0.4) is 0 Å². The standard InChI is InChI=1S/C10H6O2Se2/c11-5-7-1-3-9(13-7)10-4-2-8(6-12)14-10/h1-6H. The predicted octanol–water partition coefficient (Wildman–Crippen LogP) is 1.09. The Hall–Kier alpha value is -0.661. The molecule has 70 valence electrons. The molecular formula is C10H6O2Se2. The van der Waals surface area contributed by atoms with Crippen LogP contribution in [0.15, 0.2) is 24.3 Å². The molecule has 0 aliphatic rings. The number of rotatable bonds is 3. The van der Waals surface area contributed by atoms with E-state index in [0.717, 1.165) is 21.4 Å². The fraction of sp³-hybridized carbons (Fsp3) is 0. The van der Waals surface area contributed by atoms with Crippen LogP contribution in [0.25, 0.3) is 8.87 Å². The number of hydrogen-bond donors (Lipinski definition) is 0. The van der Waals surface area contributed by atoms with Gasteiger partial charge in [-0.3, -0.25) is 0 Å². The first-order chi connectivity index (χ1) is 6.83. The molecule has 0 radical (unpaired) electrons. The van der Waals surface area contributed by atoms with Gasteiger partial charge in [0.2, 0.25) is 0 Å². The van der Waals surface area contributed by atoms with Gasteiger partial charge in [-0.05, 0) is 0 Å². The van der Waals surface area contributed by atoms with Gasteiger partial charge in [0.1, 0.15) is 0 Å². The Morgan fingerprint density at radius 2 is 1.21 bits per heavy atom. The average Bonchev–Trinajstić information content (AvgIpc) is 2.86. The normalized spacial score (nSPS) is 10.0. The van der Waals surface area contributed by atoms with E-state index in [1.807, 2.05) is 24.3 Å². The summed E-state index contributed by atoms with van der Waals surface area (Å²) in [6, 6.07) is 7.74. The molecule has 2 rings (SSSR count). The van der Waals surface area contributed by atoms with Crippen LogP contribution in [-0.2, 0) is 0 Å². The molecule has 0 unspecified atom stereocenters. The van der Waals surface area contributed by atoms with Crippen LogP contribution in [0.4, 0.5) is 0 Å². The SMILES string of the molecule is O=Cc1ccc(-c2ccc(C=O)[se]2)[se]1. The van der Waals surface area contributed by atoms with Crippen molar-refractivity contribution in [1.29, 1.82) is 0 Å². The molecule has 0 aliphatic heterocycles. The predicted molar refractivity (Wildman–Crippen MR) is 56.5 cm³/mol. The van der Waals surface area contributed by atoms with Crippen LogP contribution in [0.1, 0.15) is 18.5 Å². The van der Waals surface area contributed by atoms with Crippen molar-refractivity contribution in [3.05, 3.63) is 33.1 Å². The van der Waals surface area contributed by atoms with Crippen LogP contribution >= 0.6 is 0 Å². The van der Waals surface area contributed by atoms with Crippen molar-refractivity contribution < 1.29 is 9.59 Å². The van der Waals surface area contributed by atoms with Crippen molar-refractivity contribution >= 4 is 41.6 Å². The molecule has 2 nitrogen and oxygen atoms in total. The molecule has 0 amide bonds. The summed E-state index contributed by atoms with van der Waals surface area (Å²) in [6.45, 7) is 0. The minimum atomic E-state index is 0.154. The van der Waals surface area contributed by atoms with Crippen molar-refractivity contribution in [3.63, 3.8) is 0 Å². The second kappa shape index (κ2) is 4.24. The van der Waals surface area contributed by atoms with Gasteiger partial charge in [-0.15, -0.1) is 0 Å². The minimum absolute atomic E-state index is 0.154. The number of hydrogen-bond acceptors (Lipinski definition) is 2. The molecule has 14 heavy (non-hydrogen) atoms. The molecule has 4 heteroatoms. The van der Waals surface area contributed by atoms with Crippen molar-refractivity contribution in [2.45, 2.75) is 0 Å². The molecule has 0 N–H and O–H groups in total. The maximum atomic E-state index is 10.5. The first-order valence-electron chi connectivity index (χ1n) is 3.94. The first kappa shape index (κ1) is 9.88.